The minimum atomic E-state index is -0.0532. The van der Waals surface area contributed by atoms with Crippen molar-refractivity contribution in [1.29, 1.82) is 0 Å². The van der Waals surface area contributed by atoms with Crippen LogP contribution in [-0.2, 0) is 4.79 Å². The molecule has 2 aromatic rings. The van der Waals surface area contributed by atoms with Crippen LogP contribution in [0.15, 0.2) is 42.5 Å². The molecular weight excluding hydrogens is 294 g/mol. The summed E-state index contributed by atoms with van der Waals surface area (Å²) in [6.45, 7) is 0.540. The van der Waals surface area contributed by atoms with E-state index >= 15 is 0 Å². The van der Waals surface area contributed by atoms with E-state index in [1.165, 1.54) is 0 Å². The quantitative estimate of drug-likeness (QED) is 0.921. The van der Waals surface area contributed by atoms with Crippen LogP contribution in [0.25, 0.3) is 0 Å². The van der Waals surface area contributed by atoms with Gasteiger partial charge in [0.1, 0.15) is 5.75 Å². The highest BCUT2D eigenvalue weighted by Gasteiger charge is 2.25. The second-order valence-corrected chi connectivity index (χ2v) is 5.37. The number of ether oxygens (including phenoxy) is 3. The Morgan fingerprint density at radius 2 is 1.96 bits per heavy atom. The third kappa shape index (κ3) is 3.23. The Morgan fingerprint density at radius 1 is 1.17 bits per heavy atom. The van der Waals surface area contributed by atoms with E-state index in [0.29, 0.717) is 30.2 Å². The molecule has 0 radical (unpaired) electrons. The number of amides is 1. The van der Waals surface area contributed by atoms with Crippen LogP contribution in [-0.4, -0.2) is 26.7 Å². The van der Waals surface area contributed by atoms with Crippen LogP contribution in [0.2, 0.25) is 0 Å². The van der Waals surface area contributed by atoms with Gasteiger partial charge in [-0.25, -0.2) is 0 Å². The predicted molar refractivity (Wildman–Crippen MR) is 87.5 cm³/mol. The molecule has 2 aromatic carbocycles. The molecule has 1 amide bonds. The summed E-state index contributed by atoms with van der Waals surface area (Å²) in [4.78, 5) is 12.3. The molecule has 0 fully saturated rings. The number of hydrogen-bond donors (Lipinski definition) is 1. The van der Waals surface area contributed by atoms with Crippen molar-refractivity contribution in [3.63, 3.8) is 0 Å². The highest BCUT2D eigenvalue weighted by atomic mass is 16.5. The molecule has 0 aliphatic carbocycles. The van der Waals surface area contributed by atoms with E-state index in [1.54, 1.807) is 32.4 Å². The number of anilines is 1. The second kappa shape index (κ2) is 6.60. The minimum Gasteiger partial charge on any atom is -0.493 e. The molecule has 0 aromatic heterocycles. The average molecular weight is 313 g/mol. The van der Waals surface area contributed by atoms with Crippen molar-refractivity contribution in [3.8, 4) is 17.2 Å². The third-order valence-electron chi connectivity index (χ3n) is 3.90. The molecular formula is C18H19NO4. The Hall–Kier alpha value is -2.69. The van der Waals surface area contributed by atoms with Gasteiger partial charge in [0.05, 0.1) is 20.8 Å². The molecule has 0 saturated carbocycles. The van der Waals surface area contributed by atoms with E-state index in [1.807, 2.05) is 24.3 Å². The number of fused-ring (bicyclic) bond motifs is 1. The Balaban J connectivity index is 1.66. The zero-order valence-corrected chi connectivity index (χ0v) is 13.2. The number of nitrogens with one attached hydrogen (secondary N) is 1. The van der Waals surface area contributed by atoms with Crippen LogP contribution in [0.3, 0.4) is 0 Å². The average Bonchev–Trinajstić information content (AvgIpc) is 2.97. The first-order valence-corrected chi connectivity index (χ1v) is 7.45. The summed E-state index contributed by atoms with van der Waals surface area (Å²) in [6.07, 6.45) is 0.380. The molecule has 1 heterocycles. The van der Waals surface area contributed by atoms with Gasteiger partial charge in [-0.15, -0.1) is 0 Å². The molecule has 5 nitrogen and oxygen atoms in total. The van der Waals surface area contributed by atoms with Crippen LogP contribution in [0.4, 0.5) is 5.69 Å². The fourth-order valence-corrected chi connectivity index (χ4v) is 2.75. The molecule has 23 heavy (non-hydrogen) atoms. The molecule has 120 valence electrons. The van der Waals surface area contributed by atoms with Gasteiger partial charge in [-0.1, -0.05) is 18.2 Å². The number of para-hydroxylation sites is 1. The number of benzene rings is 2. The smallest absolute Gasteiger partial charge is 0.225 e. The zero-order chi connectivity index (χ0) is 16.2. The maximum atomic E-state index is 12.3. The summed E-state index contributed by atoms with van der Waals surface area (Å²) in [5, 5.41) is 2.90. The SMILES string of the molecule is COc1ccc(NC(=O)CC2COc3ccccc32)cc1OC. The summed E-state index contributed by atoms with van der Waals surface area (Å²) in [5.74, 6) is 2.12. The zero-order valence-electron chi connectivity index (χ0n) is 13.2. The molecule has 0 saturated heterocycles. The lowest BCUT2D eigenvalue weighted by atomic mass is 9.97. The fourth-order valence-electron chi connectivity index (χ4n) is 2.75. The van der Waals surface area contributed by atoms with Crippen molar-refractivity contribution in [2.24, 2.45) is 0 Å². The third-order valence-corrected chi connectivity index (χ3v) is 3.90. The van der Waals surface area contributed by atoms with E-state index in [9.17, 15) is 4.79 Å². The Kier molecular flexibility index (Phi) is 4.37. The van der Waals surface area contributed by atoms with Crippen molar-refractivity contribution in [2.75, 3.05) is 26.1 Å². The van der Waals surface area contributed by atoms with Gasteiger partial charge in [0, 0.05) is 29.7 Å². The maximum absolute atomic E-state index is 12.3. The molecule has 0 bridgehead atoms. The number of rotatable bonds is 5. The highest BCUT2D eigenvalue weighted by molar-refractivity contribution is 5.91. The van der Waals surface area contributed by atoms with E-state index in [4.69, 9.17) is 14.2 Å². The van der Waals surface area contributed by atoms with Gasteiger partial charge in [0.25, 0.3) is 0 Å². The van der Waals surface area contributed by atoms with Gasteiger partial charge in [-0.05, 0) is 18.2 Å². The Morgan fingerprint density at radius 3 is 2.74 bits per heavy atom. The van der Waals surface area contributed by atoms with Crippen molar-refractivity contribution >= 4 is 11.6 Å². The van der Waals surface area contributed by atoms with Crippen LogP contribution in [0.1, 0.15) is 17.9 Å². The lowest BCUT2D eigenvalue weighted by molar-refractivity contribution is -0.116. The maximum Gasteiger partial charge on any atom is 0.225 e. The van der Waals surface area contributed by atoms with Crippen molar-refractivity contribution in [2.45, 2.75) is 12.3 Å². The van der Waals surface area contributed by atoms with E-state index < -0.39 is 0 Å². The highest BCUT2D eigenvalue weighted by Crippen LogP contribution is 2.36. The van der Waals surface area contributed by atoms with Crippen LogP contribution in [0.5, 0.6) is 17.2 Å². The fraction of sp³-hybridized carbons (Fsp3) is 0.278. The normalized spacial score (nSPS) is 15.5. The number of methoxy groups -OCH3 is 2. The second-order valence-electron chi connectivity index (χ2n) is 5.37. The van der Waals surface area contributed by atoms with Gasteiger partial charge < -0.3 is 19.5 Å². The van der Waals surface area contributed by atoms with Gasteiger partial charge in [0.2, 0.25) is 5.91 Å². The van der Waals surface area contributed by atoms with Gasteiger partial charge in [-0.3, -0.25) is 4.79 Å². The number of carbonyl (C=O) groups excluding carboxylic acids is 1. The summed E-state index contributed by atoms with van der Waals surface area (Å²) in [5.41, 5.74) is 1.77. The first-order valence-electron chi connectivity index (χ1n) is 7.45. The van der Waals surface area contributed by atoms with Crippen LogP contribution in [0, 0.1) is 0 Å². The monoisotopic (exact) mass is 313 g/mol. The molecule has 1 N–H and O–H groups in total. The molecule has 0 spiro atoms. The summed E-state index contributed by atoms with van der Waals surface area (Å²) < 4.78 is 16.0. The molecule has 3 rings (SSSR count). The molecule has 1 aliphatic heterocycles. The molecule has 1 atom stereocenters. The summed E-state index contributed by atoms with van der Waals surface area (Å²) in [7, 11) is 3.14. The largest absolute Gasteiger partial charge is 0.493 e. The van der Waals surface area contributed by atoms with E-state index in [0.717, 1.165) is 11.3 Å². The van der Waals surface area contributed by atoms with Gasteiger partial charge in [-0.2, -0.15) is 0 Å². The Labute approximate surface area is 135 Å². The summed E-state index contributed by atoms with van der Waals surface area (Å²) in [6, 6.07) is 13.1. The van der Waals surface area contributed by atoms with Crippen molar-refractivity contribution in [1.82, 2.24) is 0 Å². The van der Waals surface area contributed by atoms with Crippen LogP contribution < -0.4 is 19.5 Å². The van der Waals surface area contributed by atoms with Gasteiger partial charge >= 0.3 is 0 Å². The predicted octanol–water partition coefficient (Wildman–Crippen LogP) is 3.21. The topological polar surface area (TPSA) is 56.8 Å². The van der Waals surface area contributed by atoms with Gasteiger partial charge in [0.15, 0.2) is 11.5 Å². The van der Waals surface area contributed by atoms with Crippen LogP contribution >= 0.6 is 0 Å². The first-order chi connectivity index (χ1) is 11.2. The summed E-state index contributed by atoms with van der Waals surface area (Å²) >= 11 is 0. The molecule has 1 unspecified atom stereocenters. The lowest BCUT2D eigenvalue weighted by Gasteiger charge is -2.12. The van der Waals surface area contributed by atoms with Crippen molar-refractivity contribution in [3.05, 3.63) is 48.0 Å². The number of hydrogen-bond acceptors (Lipinski definition) is 4. The molecule has 1 aliphatic rings. The minimum absolute atomic E-state index is 0.0532. The van der Waals surface area contributed by atoms with Crippen molar-refractivity contribution < 1.29 is 19.0 Å². The standard InChI is InChI=1S/C18H19NO4/c1-21-16-8-7-13(10-17(16)22-2)19-18(20)9-12-11-23-15-6-4-3-5-14(12)15/h3-8,10,12H,9,11H2,1-2H3,(H,19,20). The van der Waals surface area contributed by atoms with E-state index in [-0.39, 0.29) is 11.8 Å². The van der Waals surface area contributed by atoms with E-state index in [2.05, 4.69) is 5.32 Å². The molecule has 5 heteroatoms. The number of carbonyl (C=O) groups is 1. The first kappa shape index (κ1) is 15.2. The Bertz CT molecular complexity index is 714. The lowest BCUT2D eigenvalue weighted by Crippen LogP contribution is -2.16.